The Morgan fingerprint density at radius 1 is 1.44 bits per heavy atom. The summed E-state index contributed by atoms with van der Waals surface area (Å²) in [6.45, 7) is 2.87. The maximum absolute atomic E-state index is 10.5. The van der Waals surface area contributed by atoms with Crippen molar-refractivity contribution in [2.24, 2.45) is 5.73 Å². The lowest BCUT2D eigenvalue weighted by Crippen LogP contribution is -2.26. The van der Waals surface area contributed by atoms with Gasteiger partial charge < -0.3 is 15.2 Å². The maximum Gasteiger partial charge on any atom is 0.245 e. The Hall–Kier alpha value is -1.79. The van der Waals surface area contributed by atoms with E-state index >= 15 is 0 Å². The standard InChI is InChI=1S/C12H16N2O4/c1-8(14-18-7-12(13)15)9-2-3-10-11(6-9)17-5-4-16-10/h2-3,6,8,14H,4-5,7H2,1H3,(H2,13,15). The molecule has 3 N–H and O–H groups in total. The molecule has 1 aromatic rings. The molecule has 1 heterocycles. The number of fused-ring (bicyclic) bond motifs is 1. The molecule has 6 heteroatoms. The fraction of sp³-hybridized carbons (Fsp3) is 0.417. The first-order valence-electron chi connectivity index (χ1n) is 5.72. The molecule has 1 aliphatic rings. The molecule has 0 bridgehead atoms. The van der Waals surface area contributed by atoms with Gasteiger partial charge in [-0.1, -0.05) is 6.07 Å². The van der Waals surface area contributed by atoms with Crippen LogP contribution in [-0.4, -0.2) is 25.7 Å². The molecule has 6 nitrogen and oxygen atoms in total. The van der Waals surface area contributed by atoms with Gasteiger partial charge in [0.15, 0.2) is 11.5 Å². The molecule has 0 fully saturated rings. The van der Waals surface area contributed by atoms with Gasteiger partial charge in [0.05, 0.1) is 6.04 Å². The van der Waals surface area contributed by atoms with Crippen LogP contribution in [0.25, 0.3) is 0 Å². The second-order valence-electron chi connectivity index (χ2n) is 4.00. The topological polar surface area (TPSA) is 82.8 Å². The van der Waals surface area contributed by atoms with Crippen molar-refractivity contribution in [3.8, 4) is 11.5 Å². The van der Waals surface area contributed by atoms with Gasteiger partial charge in [0.25, 0.3) is 0 Å². The zero-order chi connectivity index (χ0) is 13.0. The third kappa shape index (κ3) is 3.12. The van der Waals surface area contributed by atoms with Crippen LogP contribution in [0.4, 0.5) is 0 Å². The first-order chi connectivity index (χ1) is 8.66. The van der Waals surface area contributed by atoms with Crippen LogP contribution in [0.3, 0.4) is 0 Å². The lowest BCUT2D eigenvalue weighted by atomic mass is 10.1. The van der Waals surface area contributed by atoms with Crippen molar-refractivity contribution >= 4 is 5.91 Å². The number of rotatable bonds is 5. The summed E-state index contributed by atoms with van der Waals surface area (Å²) in [5.74, 6) is 0.953. The molecule has 1 atom stereocenters. The van der Waals surface area contributed by atoms with Crippen LogP contribution < -0.4 is 20.7 Å². The monoisotopic (exact) mass is 252 g/mol. The Balaban J connectivity index is 1.97. The molecular weight excluding hydrogens is 236 g/mol. The molecule has 1 aliphatic heterocycles. The lowest BCUT2D eigenvalue weighted by molar-refractivity contribution is -0.126. The van der Waals surface area contributed by atoms with Crippen LogP contribution >= 0.6 is 0 Å². The van der Waals surface area contributed by atoms with Crippen molar-refractivity contribution in [1.29, 1.82) is 0 Å². The average Bonchev–Trinajstić information content (AvgIpc) is 2.37. The molecule has 1 amide bonds. The molecule has 0 radical (unpaired) electrons. The van der Waals surface area contributed by atoms with E-state index in [-0.39, 0.29) is 12.6 Å². The fourth-order valence-electron chi connectivity index (χ4n) is 1.64. The van der Waals surface area contributed by atoms with Crippen LogP contribution in [0, 0.1) is 0 Å². The van der Waals surface area contributed by atoms with Gasteiger partial charge in [0, 0.05) is 0 Å². The van der Waals surface area contributed by atoms with Crippen molar-refractivity contribution in [1.82, 2.24) is 5.48 Å². The van der Waals surface area contributed by atoms with Gasteiger partial charge in [-0.3, -0.25) is 9.63 Å². The zero-order valence-corrected chi connectivity index (χ0v) is 10.1. The minimum atomic E-state index is -0.517. The van der Waals surface area contributed by atoms with Gasteiger partial charge in [0.1, 0.15) is 19.8 Å². The van der Waals surface area contributed by atoms with Crippen LogP contribution in [0.2, 0.25) is 0 Å². The highest BCUT2D eigenvalue weighted by Crippen LogP contribution is 2.32. The zero-order valence-electron chi connectivity index (χ0n) is 10.1. The Kier molecular flexibility index (Phi) is 4.01. The fourth-order valence-corrected chi connectivity index (χ4v) is 1.64. The van der Waals surface area contributed by atoms with E-state index < -0.39 is 5.91 Å². The van der Waals surface area contributed by atoms with E-state index in [2.05, 4.69) is 5.48 Å². The Morgan fingerprint density at radius 2 is 2.17 bits per heavy atom. The van der Waals surface area contributed by atoms with E-state index in [4.69, 9.17) is 20.0 Å². The second kappa shape index (κ2) is 5.70. The number of carbonyl (C=O) groups is 1. The quantitative estimate of drug-likeness (QED) is 0.747. The summed E-state index contributed by atoms with van der Waals surface area (Å²) in [6, 6.07) is 5.58. The van der Waals surface area contributed by atoms with E-state index in [0.717, 1.165) is 17.1 Å². The van der Waals surface area contributed by atoms with Gasteiger partial charge in [0.2, 0.25) is 5.91 Å². The van der Waals surface area contributed by atoms with Gasteiger partial charge in [-0.15, -0.1) is 0 Å². The molecule has 0 spiro atoms. The van der Waals surface area contributed by atoms with E-state index in [0.29, 0.717) is 13.2 Å². The number of nitrogens with one attached hydrogen (secondary N) is 1. The predicted octanol–water partition coefficient (Wildman–Crippen LogP) is 0.525. The highest BCUT2D eigenvalue weighted by Gasteiger charge is 2.14. The molecule has 18 heavy (non-hydrogen) atoms. The largest absolute Gasteiger partial charge is 0.486 e. The summed E-state index contributed by atoms with van der Waals surface area (Å²) >= 11 is 0. The van der Waals surface area contributed by atoms with Crippen LogP contribution in [-0.2, 0) is 9.63 Å². The van der Waals surface area contributed by atoms with E-state index in [1.165, 1.54) is 0 Å². The minimum Gasteiger partial charge on any atom is -0.486 e. The van der Waals surface area contributed by atoms with E-state index in [9.17, 15) is 4.79 Å². The highest BCUT2D eigenvalue weighted by atomic mass is 16.6. The van der Waals surface area contributed by atoms with Gasteiger partial charge >= 0.3 is 0 Å². The molecule has 0 aromatic heterocycles. The van der Waals surface area contributed by atoms with Crippen molar-refractivity contribution < 1.29 is 19.1 Å². The second-order valence-corrected chi connectivity index (χ2v) is 4.00. The highest BCUT2D eigenvalue weighted by molar-refractivity contribution is 5.74. The van der Waals surface area contributed by atoms with Crippen molar-refractivity contribution in [3.63, 3.8) is 0 Å². The van der Waals surface area contributed by atoms with Crippen molar-refractivity contribution in [3.05, 3.63) is 23.8 Å². The molecule has 1 unspecified atom stereocenters. The smallest absolute Gasteiger partial charge is 0.245 e. The average molecular weight is 252 g/mol. The first kappa shape index (κ1) is 12.7. The predicted molar refractivity (Wildman–Crippen MR) is 64.1 cm³/mol. The van der Waals surface area contributed by atoms with Gasteiger partial charge in [-0.2, -0.15) is 5.48 Å². The minimum absolute atomic E-state index is 0.0832. The molecule has 1 aromatic carbocycles. The molecule has 0 saturated heterocycles. The number of ether oxygens (including phenoxy) is 2. The van der Waals surface area contributed by atoms with Crippen LogP contribution in [0.5, 0.6) is 11.5 Å². The number of carbonyl (C=O) groups excluding carboxylic acids is 1. The summed E-state index contributed by atoms with van der Waals surface area (Å²) in [4.78, 5) is 15.5. The molecule has 0 aliphatic carbocycles. The summed E-state index contributed by atoms with van der Waals surface area (Å²) < 4.78 is 10.9. The normalized spacial score (nSPS) is 15.2. The number of hydrogen-bond acceptors (Lipinski definition) is 5. The molecular formula is C12H16N2O4. The maximum atomic E-state index is 10.5. The number of primary amides is 1. The summed E-state index contributed by atoms with van der Waals surface area (Å²) in [5.41, 5.74) is 8.68. The summed E-state index contributed by atoms with van der Waals surface area (Å²) in [7, 11) is 0. The number of benzene rings is 1. The number of hydroxylamine groups is 1. The number of hydrogen-bond donors (Lipinski definition) is 2. The molecule has 0 saturated carbocycles. The number of nitrogens with two attached hydrogens (primary N) is 1. The Bertz CT molecular complexity index is 436. The van der Waals surface area contributed by atoms with Crippen molar-refractivity contribution in [2.75, 3.05) is 19.8 Å². The van der Waals surface area contributed by atoms with Crippen LogP contribution in [0.1, 0.15) is 18.5 Å². The Labute approximate surface area is 105 Å². The molecule has 98 valence electrons. The van der Waals surface area contributed by atoms with E-state index in [1.807, 2.05) is 25.1 Å². The first-order valence-corrected chi connectivity index (χ1v) is 5.72. The third-order valence-electron chi connectivity index (χ3n) is 2.54. The lowest BCUT2D eigenvalue weighted by Gasteiger charge is -2.20. The third-order valence-corrected chi connectivity index (χ3v) is 2.54. The van der Waals surface area contributed by atoms with Gasteiger partial charge in [-0.05, 0) is 24.6 Å². The van der Waals surface area contributed by atoms with Crippen molar-refractivity contribution in [2.45, 2.75) is 13.0 Å². The number of amides is 1. The van der Waals surface area contributed by atoms with E-state index in [1.54, 1.807) is 0 Å². The molecule has 2 rings (SSSR count). The Morgan fingerprint density at radius 3 is 2.89 bits per heavy atom. The summed E-state index contributed by atoms with van der Waals surface area (Å²) in [6.07, 6.45) is 0. The van der Waals surface area contributed by atoms with Gasteiger partial charge in [-0.25, -0.2) is 0 Å². The summed E-state index contributed by atoms with van der Waals surface area (Å²) in [5, 5.41) is 0. The SMILES string of the molecule is CC(NOCC(N)=O)c1ccc2c(c1)OCCO2. The van der Waals surface area contributed by atoms with Crippen LogP contribution in [0.15, 0.2) is 18.2 Å².